The summed E-state index contributed by atoms with van der Waals surface area (Å²) in [5, 5.41) is 4.97. The van der Waals surface area contributed by atoms with E-state index in [0.717, 1.165) is 0 Å². The Morgan fingerprint density at radius 3 is 1.43 bits per heavy atom. The van der Waals surface area contributed by atoms with Crippen LogP contribution in [0, 0.1) is 0 Å². The maximum absolute atomic E-state index is 12.7. The Kier molecular flexibility index (Phi) is 5.25. The quantitative estimate of drug-likeness (QED) is 0.351. The molecule has 140 valence electrons. The topological polar surface area (TPSA) is 17.1 Å². The molecule has 4 aromatic rings. The molecule has 28 heavy (non-hydrogen) atoms. The molecule has 0 aromatic heterocycles. The summed E-state index contributed by atoms with van der Waals surface area (Å²) in [6.07, 6.45) is 1.19. The van der Waals surface area contributed by atoms with Gasteiger partial charge in [-0.25, -0.2) is 0 Å². The van der Waals surface area contributed by atoms with E-state index in [1.165, 1.54) is 32.7 Å². The minimum atomic E-state index is 0.237. The molecule has 0 heterocycles. The van der Waals surface area contributed by atoms with Crippen molar-refractivity contribution in [1.29, 1.82) is 0 Å². The zero-order chi connectivity index (χ0) is 19.5. The van der Waals surface area contributed by atoms with Gasteiger partial charge in [0.25, 0.3) is 0 Å². The van der Waals surface area contributed by atoms with Crippen LogP contribution in [0.15, 0.2) is 84.9 Å². The van der Waals surface area contributed by atoms with Crippen molar-refractivity contribution in [3.05, 3.63) is 96.1 Å². The first-order valence-corrected chi connectivity index (χ1v) is 10.1. The van der Waals surface area contributed by atoms with E-state index < -0.39 is 0 Å². The second kappa shape index (κ2) is 7.98. The van der Waals surface area contributed by atoms with Crippen LogP contribution in [0.4, 0.5) is 0 Å². The first kappa shape index (κ1) is 18.4. The van der Waals surface area contributed by atoms with E-state index in [1.807, 2.05) is 0 Å². The summed E-state index contributed by atoms with van der Waals surface area (Å²) in [6, 6.07) is 29.8. The summed E-state index contributed by atoms with van der Waals surface area (Å²) in [5.74, 6) is 0.808. The fraction of sp³-hybridized carbons (Fsp3) is 0.222. The highest BCUT2D eigenvalue weighted by molar-refractivity contribution is 5.85. The van der Waals surface area contributed by atoms with Gasteiger partial charge in [-0.1, -0.05) is 98.8 Å². The Hall–Kier alpha value is -2.93. The SMILES string of the molecule is CC(CC(=O)CC(C)c1ccc2ccccc2c1)c1ccc2ccccc2c1. The van der Waals surface area contributed by atoms with E-state index in [-0.39, 0.29) is 11.8 Å². The van der Waals surface area contributed by atoms with Crippen molar-refractivity contribution in [2.24, 2.45) is 0 Å². The van der Waals surface area contributed by atoms with Gasteiger partial charge in [-0.05, 0) is 44.5 Å². The highest BCUT2D eigenvalue weighted by Gasteiger charge is 2.16. The van der Waals surface area contributed by atoms with Gasteiger partial charge in [0.15, 0.2) is 0 Å². The lowest BCUT2D eigenvalue weighted by atomic mass is 9.88. The normalized spacial score (nSPS) is 13.5. The Balaban J connectivity index is 1.43. The van der Waals surface area contributed by atoms with Crippen LogP contribution >= 0.6 is 0 Å². The summed E-state index contributed by atoms with van der Waals surface area (Å²) >= 11 is 0. The molecule has 1 heteroatoms. The molecule has 1 nitrogen and oxygen atoms in total. The van der Waals surface area contributed by atoms with Gasteiger partial charge in [0, 0.05) is 12.8 Å². The molecule has 4 rings (SSSR count). The molecular weight excluding hydrogens is 340 g/mol. The largest absolute Gasteiger partial charge is 0.300 e. The number of hydrogen-bond acceptors (Lipinski definition) is 1. The van der Waals surface area contributed by atoms with Crippen molar-refractivity contribution in [3.63, 3.8) is 0 Å². The molecular formula is C27H26O. The number of ketones is 1. The molecule has 0 aliphatic heterocycles. The first-order chi connectivity index (χ1) is 13.6. The number of benzene rings is 4. The van der Waals surface area contributed by atoms with Gasteiger partial charge in [0.2, 0.25) is 0 Å². The third-order valence-corrected chi connectivity index (χ3v) is 5.75. The summed E-state index contributed by atoms with van der Waals surface area (Å²) in [4.78, 5) is 12.7. The lowest BCUT2D eigenvalue weighted by molar-refractivity contribution is -0.119. The van der Waals surface area contributed by atoms with Crippen LogP contribution in [0.5, 0.6) is 0 Å². The van der Waals surface area contributed by atoms with E-state index in [9.17, 15) is 4.79 Å². The maximum Gasteiger partial charge on any atom is 0.134 e. The van der Waals surface area contributed by atoms with Crippen LogP contribution in [-0.2, 0) is 4.79 Å². The number of carbonyl (C=O) groups excluding carboxylic acids is 1. The fourth-order valence-corrected chi connectivity index (χ4v) is 4.03. The van der Waals surface area contributed by atoms with Crippen molar-refractivity contribution >= 4 is 27.3 Å². The van der Waals surface area contributed by atoms with Crippen molar-refractivity contribution in [2.75, 3.05) is 0 Å². The third kappa shape index (κ3) is 3.99. The van der Waals surface area contributed by atoms with Gasteiger partial charge in [-0.3, -0.25) is 4.79 Å². The molecule has 0 spiro atoms. The summed E-state index contributed by atoms with van der Waals surface area (Å²) < 4.78 is 0. The number of Topliss-reactive ketones (excluding diaryl/α,β-unsaturated/α-hetero) is 1. The zero-order valence-corrected chi connectivity index (χ0v) is 16.6. The van der Waals surface area contributed by atoms with Crippen LogP contribution in [0.1, 0.15) is 49.7 Å². The zero-order valence-electron chi connectivity index (χ0n) is 16.6. The summed E-state index contributed by atoms with van der Waals surface area (Å²) in [7, 11) is 0. The van der Waals surface area contributed by atoms with Gasteiger partial charge >= 0.3 is 0 Å². The smallest absolute Gasteiger partial charge is 0.134 e. The molecule has 0 aliphatic carbocycles. The molecule has 0 fully saturated rings. The molecule has 0 saturated heterocycles. The van der Waals surface area contributed by atoms with Gasteiger partial charge in [0.05, 0.1) is 0 Å². The molecule has 0 amide bonds. The number of carbonyl (C=O) groups is 1. The Labute approximate surface area is 167 Å². The average Bonchev–Trinajstić information content (AvgIpc) is 2.72. The molecule has 4 aromatic carbocycles. The Bertz CT molecular complexity index is 1040. The second-order valence-electron chi connectivity index (χ2n) is 7.96. The van der Waals surface area contributed by atoms with Crippen molar-refractivity contribution in [2.45, 2.75) is 38.5 Å². The Morgan fingerprint density at radius 1 is 0.607 bits per heavy atom. The first-order valence-electron chi connectivity index (χ1n) is 10.1. The van der Waals surface area contributed by atoms with Crippen LogP contribution in [-0.4, -0.2) is 5.78 Å². The number of fused-ring (bicyclic) bond motifs is 2. The van der Waals surface area contributed by atoms with Crippen LogP contribution < -0.4 is 0 Å². The molecule has 0 saturated carbocycles. The van der Waals surface area contributed by atoms with Crippen LogP contribution in [0.25, 0.3) is 21.5 Å². The van der Waals surface area contributed by atoms with E-state index in [4.69, 9.17) is 0 Å². The predicted octanol–water partition coefficient (Wildman–Crippen LogP) is 7.25. The second-order valence-corrected chi connectivity index (χ2v) is 7.96. The molecule has 0 bridgehead atoms. The summed E-state index contributed by atoms with van der Waals surface area (Å²) in [5.41, 5.74) is 2.48. The molecule has 0 radical (unpaired) electrons. The van der Waals surface area contributed by atoms with Gasteiger partial charge in [-0.15, -0.1) is 0 Å². The minimum Gasteiger partial charge on any atom is -0.300 e. The molecule has 2 unspecified atom stereocenters. The number of rotatable bonds is 6. The third-order valence-electron chi connectivity index (χ3n) is 5.75. The monoisotopic (exact) mass is 366 g/mol. The van der Waals surface area contributed by atoms with E-state index in [0.29, 0.717) is 18.6 Å². The van der Waals surface area contributed by atoms with Gasteiger partial charge in [-0.2, -0.15) is 0 Å². The lowest BCUT2D eigenvalue weighted by Gasteiger charge is -2.15. The average molecular weight is 367 g/mol. The van der Waals surface area contributed by atoms with Crippen molar-refractivity contribution in [1.82, 2.24) is 0 Å². The Morgan fingerprint density at radius 2 is 1.00 bits per heavy atom. The minimum absolute atomic E-state index is 0.237. The van der Waals surface area contributed by atoms with E-state index in [1.54, 1.807) is 0 Å². The van der Waals surface area contributed by atoms with Crippen molar-refractivity contribution < 1.29 is 4.79 Å². The van der Waals surface area contributed by atoms with E-state index >= 15 is 0 Å². The van der Waals surface area contributed by atoms with Crippen LogP contribution in [0.3, 0.4) is 0 Å². The highest BCUT2D eigenvalue weighted by Crippen LogP contribution is 2.28. The van der Waals surface area contributed by atoms with Gasteiger partial charge < -0.3 is 0 Å². The van der Waals surface area contributed by atoms with E-state index in [2.05, 4.69) is 98.8 Å². The molecule has 0 aliphatic rings. The number of hydrogen-bond donors (Lipinski definition) is 0. The highest BCUT2D eigenvalue weighted by atomic mass is 16.1. The molecule has 0 N–H and O–H groups in total. The fourth-order valence-electron chi connectivity index (χ4n) is 4.03. The predicted molar refractivity (Wildman–Crippen MR) is 119 cm³/mol. The van der Waals surface area contributed by atoms with Crippen LogP contribution in [0.2, 0.25) is 0 Å². The molecule has 2 atom stereocenters. The standard InChI is InChI=1S/C27H26O/c1-19(23-13-11-21-7-3-5-9-25(21)17-23)15-27(28)16-20(2)24-14-12-22-8-4-6-10-26(22)18-24/h3-14,17-20H,15-16H2,1-2H3. The maximum atomic E-state index is 12.7. The summed E-state index contributed by atoms with van der Waals surface area (Å²) in [6.45, 7) is 4.31. The van der Waals surface area contributed by atoms with Crippen molar-refractivity contribution in [3.8, 4) is 0 Å². The lowest BCUT2D eigenvalue weighted by Crippen LogP contribution is -2.08. The van der Waals surface area contributed by atoms with Gasteiger partial charge in [0.1, 0.15) is 5.78 Å².